The molecular formula is C14H12BrFOS. The van der Waals surface area contributed by atoms with Gasteiger partial charge < -0.3 is 5.11 Å². The highest BCUT2D eigenvalue weighted by Crippen LogP contribution is 2.34. The van der Waals surface area contributed by atoms with Gasteiger partial charge in [0.1, 0.15) is 5.82 Å². The fourth-order valence-corrected chi connectivity index (χ4v) is 3.22. The summed E-state index contributed by atoms with van der Waals surface area (Å²) in [5.41, 5.74) is 0.611. The van der Waals surface area contributed by atoms with Gasteiger partial charge in [-0.25, -0.2) is 4.39 Å². The summed E-state index contributed by atoms with van der Waals surface area (Å²) in [4.78, 5) is 1.90. The van der Waals surface area contributed by atoms with Crippen LogP contribution in [0.4, 0.5) is 4.39 Å². The highest BCUT2D eigenvalue weighted by atomic mass is 79.9. The molecule has 2 aromatic rings. The van der Waals surface area contributed by atoms with Crippen LogP contribution in [0.25, 0.3) is 0 Å². The minimum absolute atomic E-state index is 0.329. The fraction of sp³-hybridized carbons (Fsp3) is 0.143. The smallest absolute Gasteiger partial charge is 0.123 e. The number of hydrogen-bond donors (Lipinski definition) is 1. The summed E-state index contributed by atoms with van der Waals surface area (Å²) in [7, 11) is 0. The van der Waals surface area contributed by atoms with Crippen LogP contribution in [-0.2, 0) is 0 Å². The van der Waals surface area contributed by atoms with Gasteiger partial charge in [-0.1, -0.05) is 33.8 Å². The molecule has 0 unspecified atom stereocenters. The molecule has 1 N–H and O–H groups in total. The Kier molecular flexibility index (Phi) is 4.43. The molecule has 0 radical (unpaired) electrons. The van der Waals surface area contributed by atoms with Crippen LogP contribution >= 0.6 is 27.7 Å². The van der Waals surface area contributed by atoms with Crippen molar-refractivity contribution in [2.45, 2.75) is 22.8 Å². The van der Waals surface area contributed by atoms with Crippen molar-refractivity contribution in [3.8, 4) is 0 Å². The minimum Gasteiger partial charge on any atom is -0.389 e. The van der Waals surface area contributed by atoms with Crippen molar-refractivity contribution in [3.63, 3.8) is 0 Å². The van der Waals surface area contributed by atoms with Crippen molar-refractivity contribution in [1.29, 1.82) is 0 Å². The van der Waals surface area contributed by atoms with Gasteiger partial charge in [0, 0.05) is 14.3 Å². The van der Waals surface area contributed by atoms with Crippen molar-refractivity contribution >= 4 is 27.7 Å². The van der Waals surface area contributed by atoms with Crippen LogP contribution in [0.15, 0.2) is 56.7 Å². The van der Waals surface area contributed by atoms with Crippen LogP contribution in [0.3, 0.4) is 0 Å². The SMILES string of the molecule is C[C@@H](O)c1cc(F)ccc1Sc1cccc(Br)c1. The third-order valence-electron chi connectivity index (χ3n) is 2.45. The molecule has 0 aliphatic carbocycles. The van der Waals surface area contributed by atoms with Crippen LogP contribution < -0.4 is 0 Å². The molecule has 0 heterocycles. The molecule has 94 valence electrons. The maximum atomic E-state index is 13.2. The van der Waals surface area contributed by atoms with E-state index in [1.165, 1.54) is 23.9 Å². The first-order valence-electron chi connectivity index (χ1n) is 5.47. The number of benzene rings is 2. The summed E-state index contributed by atoms with van der Waals surface area (Å²) in [5.74, 6) is -0.329. The van der Waals surface area contributed by atoms with Crippen LogP contribution in [-0.4, -0.2) is 5.11 Å². The third-order valence-corrected chi connectivity index (χ3v) is 4.02. The lowest BCUT2D eigenvalue weighted by molar-refractivity contribution is 0.196. The Hall–Kier alpha value is -0.840. The van der Waals surface area contributed by atoms with E-state index < -0.39 is 6.10 Å². The fourth-order valence-electron chi connectivity index (χ4n) is 1.60. The molecule has 0 saturated carbocycles. The second-order valence-electron chi connectivity index (χ2n) is 3.92. The Morgan fingerprint density at radius 1 is 1.22 bits per heavy atom. The highest BCUT2D eigenvalue weighted by molar-refractivity contribution is 9.10. The van der Waals surface area contributed by atoms with E-state index in [4.69, 9.17) is 0 Å². The summed E-state index contributed by atoms with van der Waals surface area (Å²) in [6.07, 6.45) is -0.685. The van der Waals surface area contributed by atoms with Gasteiger partial charge in [0.2, 0.25) is 0 Å². The number of aliphatic hydroxyl groups is 1. The Bertz CT molecular complexity index is 557. The van der Waals surface area contributed by atoms with Gasteiger partial charge in [-0.05, 0) is 48.9 Å². The number of halogens is 2. The van der Waals surface area contributed by atoms with E-state index in [-0.39, 0.29) is 5.82 Å². The van der Waals surface area contributed by atoms with Gasteiger partial charge in [-0.15, -0.1) is 0 Å². The Labute approximate surface area is 118 Å². The molecule has 18 heavy (non-hydrogen) atoms. The summed E-state index contributed by atoms with van der Waals surface area (Å²) in [6, 6.07) is 12.3. The Morgan fingerprint density at radius 3 is 2.67 bits per heavy atom. The van der Waals surface area contributed by atoms with E-state index in [0.717, 1.165) is 14.3 Å². The Morgan fingerprint density at radius 2 is 2.00 bits per heavy atom. The van der Waals surface area contributed by atoms with Crippen molar-refractivity contribution in [3.05, 3.63) is 58.3 Å². The zero-order valence-corrected chi connectivity index (χ0v) is 12.1. The lowest BCUT2D eigenvalue weighted by Gasteiger charge is -2.11. The van der Waals surface area contributed by atoms with Crippen LogP contribution in [0.1, 0.15) is 18.6 Å². The molecule has 0 aliphatic heterocycles. The van der Waals surface area contributed by atoms with E-state index in [0.29, 0.717) is 5.56 Å². The largest absolute Gasteiger partial charge is 0.389 e. The number of hydrogen-bond acceptors (Lipinski definition) is 2. The zero-order valence-electron chi connectivity index (χ0n) is 9.73. The molecule has 0 aliphatic rings. The molecule has 2 aromatic carbocycles. The normalized spacial score (nSPS) is 12.4. The number of rotatable bonds is 3. The van der Waals surface area contributed by atoms with E-state index in [9.17, 15) is 9.50 Å². The van der Waals surface area contributed by atoms with E-state index in [1.807, 2.05) is 24.3 Å². The standard InChI is InChI=1S/C14H12BrFOS/c1-9(17)13-8-11(16)5-6-14(13)18-12-4-2-3-10(15)7-12/h2-9,17H,1H3/t9-/m1/s1. The Balaban J connectivity index is 2.34. The first-order chi connectivity index (χ1) is 8.56. The highest BCUT2D eigenvalue weighted by Gasteiger charge is 2.10. The second-order valence-corrected chi connectivity index (χ2v) is 5.95. The molecule has 0 spiro atoms. The molecular weight excluding hydrogens is 315 g/mol. The van der Waals surface area contributed by atoms with Gasteiger partial charge in [0.25, 0.3) is 0 Å². The van der Waals surface area contributed by atoms with Crippen molar-refractivity contribution in [2.75, 3.05) is 0 Å². The molecule has 0 saturated heterocycles. The molecule has 4 heteroatoms. The third kappa shape index (κ3) is 3.34. The van der Waals surface area contributed by atoms with E-state index in [2.05, 4.69) is 15.9 Å². The molecule has 1 nitrogen and oxygen atoms in total. The zero-order chi connectivity index (χ0) is 13.1. The maximum absolute atomic E-state index is 13.2. The van der Waals surface area contributed by atoms with Gasteiger partial charge in [-0.3, -0.25) is 0 Å². The van der Waals surface area contributed by atoms with E-state index in [1.54, 1.807) is 13.0 Å². The quantitative estimate of drug-likeness (QED) is 0.874. The van der Waals surface area contributed by atoms with Crippen molar-refractivity contribution in [1.82, 2.24) is 0 Å². The van der Waals surface area contributed by atoms with Gasteiger partial charge in [0.15, 0.2) is 0 Å². The lowest BCUT2D eigenvalue weighted by Crippen LogP contribution is -1.95. The lowest BCUT2D eigenvalue weighted by atomic mass is 10.1. The predicted molar refractivity (Wildman–Crippen MR) is 75.3 cm³/mol. The van der Waals surface area contributed by atoms with Crippen LogP contribution in [0.2, 0.25) is 0 Å². The monoisotopic (exact) mass is 326 g/mol. The topological polar surface area (TPSA) is 20.2 Å². The summed E-state index contributed by atoms with van der Waals surface area (Å²) in [5, 5.41) is 9.67. The maximum Gasteiger partial charge on any atom is 0.123 e. The summed E-state index contributed by atoms with van der Waals surface area (Å²) in [6.45, 7) is 1.64. The van der Waals surface area contributed by atoms with Crippen molar-refractivity contribution < 1.29 is 9.50 Å². The second kappa shape index (κ2) is 5.87. The molecule has 0 aromatic heterocycles. The average Bonchev–Trinajstić information content (AvgIpc) is 2.31. The van der Waals surface area contributed by atoms with Gasteiger partial charge >= 0.3 is 0 Å². The molecule has 0 amide bonds. The van der Waals surface area contributed by atoms with Crippen LogP contribution in [0, 0.1) is 5.82 Å². The van der Waals surface area contributed by atoms with Crippen LogP contribution in [0.5, 0.6) is 0 Å². The molecule has 0 bridgehead atoms. The van der Waals surface area contributed by atoms with Crippen molar-refractivity contribution in [2.24, 2.45) is 0 Å². The molecule has 2 rings (SSSR count). The summed E-state index contributed by atoms with van der Waals surface area (Å²) >= 11 is 4.92. The molecule has 0 fully saturated rings. The van der Waals surface area contributed by atoms with Gasteiger partial charge in [-0.2, -0.15) is 0 Å². The minimum atomic E-state index is -0.685. The predicted octanol–water partition coefficient (Wildman–Crippen LogP) is 4.79. The average molecular weight is 327 g/mol. The molecule has 1 atom stereocenters. The first-order valence-corrected chi connectivity index (χ1v) is 7.08. The number of aliphatic hydroxyl groups excluding tert-OH is 1. The first kappa shape index (κ1) is 13.6. The van der Waals surface area contributed by atoms with Gasteiger partial charge in [0.05, 0.1) is 6.10 Å². The van der Waals surface area contributed by atoms with E-state index >= 15 is 0 Å². The summed E-state index contributed by atoms with van der Waals surface area (Å²) < 4.78 is 14.2.